The minimum absolute atomic E-state index is 0.441. The fraction of sp³-hybridized carbons (Fsp3) is 0.889. The normalized spacial score (nSPS) is 24.0. The van der Waals surface area contributed by atoms with Crippen molar-refractivity contribution in [3.63, 3.8) is 0 Å². The molecule has 2 heterocycles. The summed E-state index contributed by atoms with van der Waals surface area (Å²) in [6, 6.07) is 0. The van der Waals surface area contributed by atoms with E-state index in [9.17, 15) is 4.79 Å². The van der Waals surface area contributed by atoms with E-state index >= 15 is 0 Å². The van der Waals surface area contributed by atoms with Crippen LogP contribution in [0.15, 0.2) is 0 Å². The number of carbonyl (C=O) groups is 1. The van der Waals surface area contributed by atoms with Gasteiger partial charge in [-0.3, -0.25) is 5.43 Å². The van der Waals surface area contributed by atoms with Gasteiger partial charge in [-0.05, 0) is 0 Å². The molecule has 0 unspecified atom stereocenters. The molecule has 0 bridgehead atoms. The van der Waals surface area contributed by atoms with Crippen molar-refractivity contribution >= 4 is 6.09 Å². The molecule has 0 aromatic carbocycles. The van der Waals surface area contributed by atoms with Gasteiger partial charge in [0.25, 0.3) is 0 Å². The van der Waals surface area contributed by atoms with Crippen molar-refractivity contribution in [2.45, 2.75) is 0 Å². The molecule has 2 aliphatic rings. The van der Waals surface area contributed by atoms with Crippen LogP contribution in [0.4, 0.5) is 4.79 Å². The zero-order valence-electron chi connectivity index (χ0n) is 9.18. The van der Waals surface area contributed by atoms with E-state index < -0.39 is 6.09 Å². The number of hydrogen-bond acceptors (Lipinski definition) is 6. The SMILES string of the molecule is O=C(NN1CCOCC1)ON1CCOCC1. The summed E-state index contributed by atoms with van der Waals surface area (Å²) in [6.07, 6.45) is -0.441. The maximum absolute atomic E-state index is 11.5. The van der Waals surface area contributed by atoms with Gasteiger partial charge in [-0.15, -0.1) is 5.06 Å². The molecule has 1 amide bonds. The number of ether oxygens (including phenoxy) is 2. The van der Waals surface area contributed by atoms with Gasteiger partial charge in [0.1, 0.15) is 0 Å². The highest BCUT2D eigenvalue weighted by molar-refractivity contribution is 5.66. The predicted octanol–water partition coefficient (Wildman–Crippen LogP) is -0.793. The molecule has 0 aromatic heterocycles. The highest BCUT2D eigenvalue weighted by Gasteiger charge is 2.18. The Morgan fingerprint density at radius 2 is 1.56 bits per heavy atom. The Morgan fingerprint density at radius 1 is 1.00 bits per heavy atom. The van der Waals surface area contributed by atoms with Gasteiger partial charge in [0.15, 0.2) is 0 Å². The fourth-order valence-corrected chi connectivity index (χ4v) is 1.58. The first-order valence-corrected chi connectivity index (χ1v) is 5.48. The zero-order valence-corrected chi connectivity index (χ0v) is 9.18. The van der Waals surface area contributed by atoms with Gasteiger partial charge in [0, 0.05) is 13.1 Å². The van der Waals surface area contributed by atoms with Crippen molar-refractivity contribution in [2.24, 2.45) is 0 Å². The molecular weight excluding hydrogens is 214 g/mol. The maximum atomic E-state index is 11.5. The van der Waals surface area contributed by atoms with Gasteiger partial charge in [-0.1, -0.05) is 0 Å². The molecule has 0 aromatic rings. The molecule has 0 spiro atoms. The lowest BCUT2D eigenvalue weighted by molar-refractivity contribution is -0.150. The highest BCUT2D eigenvalue weighted by atomic mass is 16.7. The first kappa shape index (κ1) is 11.6. The van der Waals surface area contributed by atoms with Crippen molar-refractivity contribution < 1.29 is 19.1 Å². The average molecular weight is 231 g/mol. The highest BCUT2D eigenvalue weighted by Crippen LogP contribution is 1.99. The number of carbonyl (C=O) groups excluding carboxylic acids is 1. The smallest absolute Gasteiger partial charge is 0.379 e. The van der Waals surface area contributed by atoms with Crippen LogP contribution in [0.1, 0.15) is 0 Å². The second kappa shape index (κ2) is 6.00. The molecule has 2 fully saturated rings. The van der Waals surface area contributed by atoms with Crippen molar-refractivity contribution in [2.75, 3.05) is 52.6 Å². The average Bonchev–Trinajstić information content (AvgIpc) is 2.31. The molecule has 2 rings (SSSR count). The largest absolute Gasteiger partial charge is 0.440 e. The van der Waals surface area contributed by atoms with Gasteiger partial charge in [0.2, 0.25) is 0 Å². The number of nitrogens with zero attached hydrogens (tertiary/aromatic N) is 2. The van der Waals surface area contributed by atoms with Gasteiger partial charge < -0.3 is 14.3 Å². The molecule has 2 saturated heterocycles. The standard InChI is InChI=1S/C9H17N3O4/c13-9(10-11-1-5-14-6-2-11)16-12-3-7-15-8-4-12/h1-8H2,(H,10,13). The molecular formula is C9H17N3O4. The number of rotatable bonds is 2. The lowest BCUT2D eigenvalue weighted by Crippen LogP contribution is -2.50. The van der Waals surface area contributed by atoms with E-state index in [0.29, 0.717) is 52.6 Å². The molecule has 0 saturated carbocycles. The van der Waals surface area contributed by atoms with Gasteiger partial charge in [-0.2, -0.15) is 0 Å². The molecule has 0 radical (unpaired) electrons. The number of nitrogens with one attached hydrogen (secondary N) is 1. The van der Waals surface area contributed by atoms with Gasteiger partial charge in [-0.25, -0.2) is 9.80 Å². The maximum Gasteiger partial charge on any atom is 0.440 e. The summed E-state index contributed by atoms with van der Waals surface area (Å²) in [5, 5.41) is 3.41. The fourth-order valence-electron chi connectivity index (χ4n) is 1.58. The Balaban J connectivity index is 1.66. The van der Waals surface area contributed by atoms with E-state index in [1.54, 1.807) is 10.1 Å². The van der Waals surface area contributed by atoms with E-state index in [1.807, 2.05) is 0 Å². The number of hydroxylamine groups is 2. The summed E-state index contributed by atoms with van der Waals surface area (Å²) in [6.45, 7) is 5.11. The quantitative estimate of drug-likeness (QED) is 0.672. The first-order chi connectivity index (χ1) is 7.84. The summed E-state index contributed by atoms with van der Waals surface area (Å²) in [5.74, 6) is 0. The van der Waals surface area contributed by atoms with Gasteiger partial charge in [0.05, 0.1) is 39.5 Å². The van der Waals surface area contributed by atoms with Crippen LogP contribution in [0, 0.1) is 0 Å². The summed E-state index contributed by atoms with van der Waals surface area (Å²) in [7, 11) is 0. The number of hydrogen-bond donors (Lipinski definition) is 1. The van der Waals surface area contributed by atoms with Crippen LogP contribution < -0.4 is 5.43 Å². The van der Waals surface area contributed by atoms with E-state index in [1.165, 1.54) is 0 Å². The molecule has 0 atom stereocenters. The third kappa shape index (κ3) is 3.60. The zero-order chi connectivity index (χ0) is 11.2. The van der Waals surface area contributed by atoms with Crippen LogP contribution in [0.2, 0.25) is 0 Å². The lowest BCUT2D eigenvalue weighted by Gasteiger charge is -2.29. The van der Waals surface area contributed by atoms with Crippen LogP contribution >= 0.6 is 0 Å². The second-order valence-electron chi connectivity index (χ2n) is 3.63. The summed E-state index contributed by atoms with van der Waals surface area (Å²) in [5.41, 5.74) is 2.68. The lowest BCUT2D eigenvalue weighted by atomic mass is 10.5. The van der Waals surface area contributed by atoms with Crippen LogP contribution in [-0.2, 0) is 14.3 Å². The first-order valence-electron chi connectivity index (χ1n) is 5.48. The Hall–Kier alpha value is -0.890. The monoisotopic (exact) mass is 231 g/mol. The molecule has 2 aliphatic heterocycles. The van der Waals surface area contributed by atoms with E-state index in [2.05, 4.69) is 5.43 Å². The number of morpholine rings is 2. The second-order valence-corrected chi connectivity index (χ2v) is 3.63. The van der Waals surface area contributed by atoms with Crippen molar-refractivity contribution in [3.8, 4) is 0 Å². The van der Waals surface area contributed by atoms with Crippen molar-refractivity contribution in [1.82, 2.24) is 15.5 Å². The number of hydrazine groups is 1. The van der Waals surface area contributed by atoms with E-state index in [0.717, 1.165) is 0 Å². The minimum Gasteiger partial charge on any atom is -0.379 e. The molecule has 0 aliphatic carbocycles. The third-order valence-electron chi connectivity index (χ3n) is 2.44. The van der Waals surface area contributed by atoms with E-state index in [4.69, 9.17) is 14.3 Å². The molecule has 16 heavy (non-hydrogen) atoms. The summed E-state index contributed by atoms with van der Waals surface area (Å²) < 4.78 is 10.3. The topological polar surface area (TPSA) is 63.3 Å². The van der Waals surface area contributed by atoms with Crippen LogP contribution in [0.3, 0.4) is 0 Å². The van der Waals surface area contributed by atoms with Gasteiger partial charge >= 0.3 is 6.09 Å². The Morgan fingerprint density at radius 3 is 2.19 bits per heavy atom. The van der Waals surface area contributed by atoms with Crippen molar-refractivity contribution in [1.29, 1.82) is 0 Å². The molecule has 1 N–H and O–H groups in total. The Labute approximate surface area is 94.1 Å². The molecule has 92 valence electrons. The Kier molecular flexibility index (Phi) is 4.34. The third-order valence-corrected chi connectivity index (χ3v) is 2.44. The predicted molar refractivity (Wildman–Crippen MR) is 54.4 cm³/mol. The summed E-state index contributed by atoms with van der Waals surface area (Å²) in [4.78, 5) is 16.6. The number of amides is 1. The van der Waals surface area contributed by atoms with Crippen LogP contribution in [0.25, 0.3) is 0 Å². The Bertz CT molecular complexity index is 205. The summed E-state index contributed by atoms with van der Waals surface area (Å²) >= 11 is 0. The van der Waals surface area contributed by atoms with Crippen LogP contribution in [0.5, 0.6) is 0 Å². The van der Waals surface area contributed by atoms with Crippen molar-refractivity contribution in [3.05, 3.63) is 0 Å². The molecule has 7 heteroatoms. The molecule has 7 nitrogen and oxygen atoms in total. The van der Waals surface area contributed by atoms with Crippen LogP contribution in [-0.4, -0.2) is 68.8 Å². The minimum atomic E-state index is -0.441. The van der Waals surface area contributed by atoms with E-state index in [-0.39, 0.29) is 0 Å².